The highest BCUT2D eigenvalue weighted by molar-refractivity contribution is 5.46. The minimum Gasteiger partial charge on any atom is -0.487 e. The Hall–Kier alpha value is -3.12. The van der Waals surface area contributed by atoms with Crippen LogP contribution in [0.3, 0.4) is 0 Å². The van der Waals surface area contributed by atoms with E-state index in [4.69, 9.17) is 0 Å². The number of pyridine rings is 2. The van der Waals surface area contributed by atoms with Crippen LogP contribution in [0.15, 0.2) is 47.7 Å². The SMILES string of the molecule is O=c1cc(OCC(F)(F)C(F)(F)F)ccn1-c1cn2cc(C(F)(F)F)ccc2n1. The van der Waals surface area contributed by atoms with Crippen LogP contribution in [-0.4, -0.2) is 32.7 Å². The summed E-state index contributed by atoms with van der Waals surface area (Å²) < 4.78 is 107. The Balaban J connectivity index is 1.86. The molecule has 29 heavy (non-hydrogen) atoms. The van der Waals surface area contributed by atoms with Crippen LogP contribution in [0.5, 0.6) is 5.75 Å². The van der Waals surface area contributed by atoms with Gasteiger partial charge in [-0.05, 0) is 18.2 Å². The van der Waals surface area contributed by atoms with Crippen LogP contribution in [0.2, 0.25) is 0 Å². The molecule has 3 rings (SSSR count). The van der Waals surface area contributed by atoms with Crippen molar-refractivity contribution in [1.29, 1.82) is 0 Å². The third-order valence-corrected chi connectivity index (χ3v) is 3.74. The predicted molar refractivity (Wildman–Crippen MR) is 82.3 cm³/mol. The molecule has 3 aromatic heterocycles. The van der Waals surface area contributed by atoms with Crippen molar-refractivity contribution in [2.24, 2.45) is 0 Å². The molecule has 3 heterocycles. The van der Waals surface area contributed by atoms with E-state index in [9.17, 15) is 39.9 Å². The van der Waals surface area contributed by atoms with Crippen molar-refractivity contribution in [1.82, 2.24) is 14.0 Å². The number of imidazole rings is 1. The number of hydrogen-bond acceptors (Lipinski definition) is 3. The van der Waals surface area contributed by atoms with Gasteiger partial charge in [-0.2, -0.15) is 35.1 Å². The second-order valence-electron chi connectivity index (χ2n) is 5.84. The number of aromatic nitrogens is 3. The van der Waals surface area contributed by atoms with Crippen molar-refractivity contribution in [2.45, 2.75) is 18.3 Å². The Kier molecular flexibility index (Phi) is 4.79. The molecule has 0 atom stereocenters. The molecular formula is C16H9F8N3O2. The fourth-order valence-electron chi connectivity index (χ4n) is 2.26. The molecule has 0 fully saturated rings. The summed E-state index contributed by atoms with van der Waals surface area (Å²) in [6.45, 7) is -2.02. The highest BCUT2D eigenvalue weighted by atomic mass is 19.4. The molecule has 0 aliphatic rings. The molecule has 0 spiro atoms. The van der Waals surface area contributed by atoms with E-state index in [2.05, 4.69) is 9.72 Å². The number of ether oxygens (including phenoxy) is 1. The lowest BCUT2D eigenvalue weighted by Crippen LogP contribution is -2.41. The molecule has 0 amide bonds. The number of hydrogen-bond donors (Lipinski definition) is 0. The van der Waals surface area contributed by atoms with Gasteiger partial charge in [-0.15, -0.1) is 0 Å². The fraction of sp³-hybridized carbons (Fsp3) is 0.250. The molecule has 0 aromatic carbocycles. The van der Waals surface area contributed by atoms with Gasteiger partial charge in [-0.25, -0.2) is 4.98 Å². The Morgan fingerprint density at radius 2 is 1.66 bits per heavy atom. The van der Waals surface area contributed by atoms with Crippen LogP contribution in [-0.2, 0) is 6.18 Å². The van der Waals surface area contributed by atoms with Crippen molar-refractivity contribution >= 4 is 5.65 Å². The molecule has 0 saturated heterocycles. The van der Waals surface area contributed by atoms with Gasteiger partial charge in [0.25, 0.3) is 5.56 Å². The Morgan fingerprint density at radius 3 is 2.24 bits per heavy atom. The summed E-state index contributed by atoms with van der Waals surface area (Å²) >= 11 is 0. The zero-order chi connectivity index (χ0) is 21.6. The van der Waals surface area contributed by atoms with E-state index in [1.54, 1.807) is 0 Å². The van der Waals surface area contributed by atoms with Crippen molar-refractivity contribution < 1.29 is 39.9 Å². The zero-order valence-electron chi connectivity index (χ0n) is 13.9. The van der Waals surface area contributed by atoms with E-state index >= 15 is 0 Å². The largest absolute Gasteiger partial charge is 0.487 e. The number of fused-ring (bicyclic) bond motifs is 1. The Bertz CT molecular complexity index is 1100. The van der Waals surface area contributed by atoms with Gasteiger partial charge in [0.1, 0.15) is 11.4 Å². The molecule has 156 valence electrons. The van der Waals surface area contributed by atoms with E-state index in [1.165, 1.54) is 0 Å². The first-order valence-corrected chi connectivity index (χ1v) is 7.64. The van der Waals surface area contributed by atoms with Crippen LogP contribution < -0.4 is 10.3 Å². The van der Waals surface area contributed by atoms with Gasteiger partial charge >= 0.3 is 18.3 Å². The fourth-order valence-corrected chi connectivity index (χ4v) is 2.26. The lowest BCUT2D eigenvalue weighted by Gasteiger charge is -2.19. The zero-order valence-corrected chi connectivity index (χ0v) is 13.9. The average molecular weight is 427 g/mol. The van der Waals surface area contributed by atoms with Gasteiger partial charge in [0.2, 0.25) is 0 Å². The molecule has 3 aromatic rings. The van der Waals surface area contributed by atoms with E-state index in [0.717, 1.165) is 45.8 Å². The summed E-state index contributed by atoms with van der Waals surface area (Å²) in [7, 11) is 0. The van der Waals surface area contributed by atoms with Crippen molar-refractivity contribution in [3.05, 3.63) is 58.8 Å². The normalized spacial score (nSPS) is 13.1. The monoisotopic (exact) mass is 427 g/mol. The summed E-state index contributed by atoms with van der Waals surface area (Å²) in [4.78, 5) is 16.1. The second-order valence-corrected chi connectivity index (χ2v) is 5.84. The van der Waals surface area contributed by atoms with Crippen molar-refractivity contribution in [2.75, 3.05) is 6.61 Å². The standard InChI is InChI=1S/C16H9F8N3O2/c17-14(18,16(22,23)24)8-29-10-3-4-27(13(28)5-10)12-7-26-6-9(15(19,20)21)1-2-11(26)25-12/h1-7H,8H2. The van der Waals surface area contributed by atoms with Crippen LogP contribution in [0.4, 0.5) is 35.1 Å². The third-order valence-electron chi connectivity index (χ3n) is 3.74. The average Bonchev–Trinajstić information content (AvgIpc) is 3.01. The molecular weight excluding hydrogens is 418 g/mol. The minimum atomic E-state index is -5.81. The first kappa shape index (κ1) is 20.6. The molecule has 0 N–H and O–H groups in total. The maximum Gasteiger partial charge on any atom is 0.456 e. The van der Waals surface area contributed by atoms with Gasteiger partial charge in [-0.1, -0.05) is 0 Å². The number of alkyl halides is 8. The lowest BCUT2D eigenvalue weighted by atomic mass is 10.3. The summed E-state index contributed by atoms with van der Waals surface area (Å²) in [5, 5.41) is 0. The maximum atomic E-state index is 12.9. The third kappa shape index (κ3) is 4.17. The van der Waals surface area contributed by atoms with Crippen LogP contribution in [0.1, 0.15) is 5.56 Å². The minimum absolute atomic E-state index is 0.0880. The van der Waals surface area contributed by atoms with Gasteiger partial charge in [0.05, 0.1) is 11.8 Å². The van der Waals surface area contributed by atoms with Crippen LogP contribution in [0, 0.1) is 0 Å². The van der Waals surface area contributed by atoms with E-state index < -0.39 is 41.8 Å². The van der Waals surface area contributed by atoms with Gasteiger partial charge in [-0.3, -0.25) is 9.36 Å². The number of halogens is 8. The molecule has 0 aliphatic heterocycles. The number of rotatable bonds is 4. The first-order chi connectivity index (χ1) is 13.3. The van der Waals surface area contributed by atoms with Gasteiger partial charge in [0, 0.05) is 18.5 Å². The van der Waals surface area contributed by atoms with Gasteiger partial charge in [0.15, 0.2) is 12.4 Å². The van der Waals surface area contributed by atoms with Crippen LogP contribution in [0.25, 0.3) is 11.5 Å². The second kappa shape index (κ2) is 6.74. The molecule has 0 saturated carbocycles. The predicted octanol–water partition coefficient (Wildman–Crippen LogP) is 4.08. The maximum absolute atomic E-state index is 12.9. The van der Waals surface area contributed by atoms with E-state index in [-0.39, 0.29) is 11.5 Å². The van der Waals surface area contributed by atoms with E-state index in [1.807, 2.05) is 0 Å². The summed E-state index contributed by atoms with van der Waals surface area (Å²) in [6.07, 6.45) is -7.55. The molecule has 0 aliphatic carbocycles. The van der Waals surface area contributed by atoms with Crippen LogP contribution >= 0.6 is 0 Å². The highest BCUT2D eigenvalue weighted by Crippen LogP contribution is 2.35. The quantitative estimate of drug-likeness (QED) is 0.590. The van der Waals surface area contributed by atoms with E-state index in [0.29, 0.717) is 6.07 Å². The first-order valence-electron chi connectivity index (χ1n) is 7.64. The van der Waals surface area contributed by atoms with Crippen molar-refractivity contribution in [3.63, 3.8) is 0 Å². The molecule has 0 radical (unpaired) electrons. The Morgan fingerprint density at radius 1 is 0.966 bits per heavy atom. The molecule has 0 unspecified atom stereocenters. The van der Waals surface area contributed by atoms with Gasteiger partial charge < -0.3 is 9.14 Å². The summed E-state index contributed by atoms with van der Waals surface area (Å²) in [5.74, 6) is -5.75. The molecule has 5 nitrogen and oxygen atoms in total. The smallest absolute Gasteiger partial charge is 0.456 e. The summed E-state index contributed by atoms with van der Waals surface area (Å²) in [6, 6.07) is 3.47. The summed E-state index contributed by atoms with van der Waals surface area (Å²) in [5.41, 5.74) is -1.77. The lowest BCUT2D eigenvalue weighted by molar-refractivity contribution is -0.290. The number of nitrogens with zero attached hydrogens (tertiary/aromatic N) is 3. The van der Waals surface area contributed by atoms with Crippen molar-refractivity contribution in [3.8, 4) is 11.6 Å². The topological polar surface area (TPSA) is 48.5 Å². The highest BCUT2D eigenvalue weighted by Gasteiger charge is 2.58. The Labute approximate surface area is 155 Å². The molecule has 13 heteroatoms. The molecule has 0 bridgehead atoms.